The van der Waals surface area contributed by atoms with Crippen LogP contribution in [0.3, 0.4) is 0 Å². The summed E-state index contributed by atoms with van der Waals surface area (Å²) >= 11 is 0. The Labute approximate surface area is 197 Å². The fourth-order valence-electron chi connectivity index (χ4n) is 4.36. The molecule has 0 aliphatic carbocycles. The third-order valence-electron chi connectivity index (χ3n) is 6.03. The van der Waals surface area contributed by atoms with Crippen molar-refractivity contribution in [2.75, 3.05) is 28.8 Å². The van der Waals surface area contributed by atoms with Crippen molar-refractivity contribution in [2.24, 2.45) is 0 Å². The van der Waals surface area contributed by atoms with Gasteiger partial charge in [0, 0.05) is 30.6 Å². The number of anilines is 2. The zero-order chi connectivity index (χ0) is 24.6. The van der Waals surface area contributed by atoms with Gasteiger partial charge in [-0.1, -0.05) is 12.1 Å². The maximum absolute atomic E-state index is 13.2. The smallest absolute Gasteiger partial charge is 0.262 e. The second kappa shape index (κ2) is 9.02. The molecule has 2 aliphatic rings. The van der Waals surface area contributed by atoms with Crippen LogP contribution in [0, 0.1) is 6.92 Å². The van der Waals surface area contributed by atoms with Crippen LogP contribution in [0.4, 0.5) is 11.4 Å². The minimum absolute atomic E-state index is 0.0475. The standard InChI is InChI=1S/C24H25N3O6S/c1-15-14-16(9-10-19(15)26-12-5-8-21(26)28)25-22(29)20(11-13-34(2,32)33)27-23(30)17-6-3-4-7-18(17)24(27)31/h3-4,6-7,9-10,14,20H,5,8,11-13H2,1-2H3,(H,25,29). The Morgan fingerprint density at radius 2 is 1.71 bits per heavy atom. The summed E-state index contributed by atoms with van der Waals surface area (Å²) in [4.78, 5) is 53.8. The lowest BCUT2D eigenvalue weighted by atomic mass is 10.1. The van der Waals surface area contributed by atoms with Crippen molar-refractivity contribution in [3.05, 3.63) is 59.2 Å². The lowest BCUT2D eigenvalue weighted by Gasteiger charge is -2.25. The molecular weight excluding hydrogens is 458 g/mol. The minimum atomic E-state index is -3.45. The molecule has 1 atom stereocenters. The number of hydrogen-bond acceptors (Lipinski definition) is 6. The average molecular weight is 484 g/mol. The SMILES string of the molecule is Cc1cc(NC(=O)C(CCS(C)(=O)=O)N2C(=O)c3ccccc3C2=O)ccc1N1CCCC1=O. The second-order valence-electron chi connectivity index (χ2n) is 8.60. The van der Waals surface area contributed by atoms with Crippen LogP contribution in [-0.4, -0.2) is 61.5 Å². The van der Waals surface area contributed by atoms with E-state index in [4.69, 9.17) is 0 Å². The summed E-state index contributed by atoms with van der Waals surface area (Å²) in [5.41, 5.74) is 2.31. The van der Waals surface area contributed by atoms with Crippen molar-refractivity contribution in [3.8, 4) is 0 Å². The monoisotopic (exact) mass is 483 g/mol. The predicted molar refractivity (Wildman–Crippen MR) is 126 cm³/mol. The van der Waals surface area contributed by atoms with E-state index in [1.54, 1.807) is 35.2 Å². The van der Waals surface area contributed by atoms with Crippen LogP contribution in [0.25, 0.3) is 0 Å². The van der Waals surface area contributed by atoms with Gasteiger partial charge in [0.25, 0.3) is 11.8 Å². The molecule has 9 nitrogen and oxygen atoms in total. The van der Waals surface area contributed by atoms with Crippen molar-refractivity contribution < 1.29 is 27.6 Å². The number of carbonyl (C=O) groups is 4. The van der Waals surface area contributed by atoms with Crippen molar-refractivity contribution in [2.45, 2.75) is 32.2 Å². The molecular formula is C24H25N3O6S. The molecule has 4 rings (SSSR count). The molecule has 2 heterocycles. The topological polar surface area (TPSA) is 121 Å². The molecule has 0 spiro atoms. The third kappa shape index (κ3) is 4.58. The first-order chi connectivity index (χ1) is 16.1. The van der Waals surface area contributed by atoms with Crippen LogP contribution in [0.15, 0.2) is 42.5 Å². The number of fused-ring (bicyclic) bond motifs is 1. The number of sulfone groups is 1. The first-order valence-corrected chi connectivity index (χ1v) is 13.0. The number of rotatable bonds is 7. The summed E-state index contributed by atoms with van der Waals surface area (Å²) in [5, 5.41) is 2.71. The lowest BCUT2D eigenvalue weighted by Crippen LogP contribution is -2.48. The molecule has 2 aromatic carbocycles. The Balaban J connectivity index is 1.59. The Kier molecular flexibility index (Phi) is 6.26. The van der Waals surface area contributed by atoms with E-state index in [2.05, 4.69) is 5.32 Å². The number of hydrogen-bond donors (Lipinski definition) is 1. The van der Waals surface area contributed by atoms with Gasteiger partial charge in [-0.3, -0.25) is 24.1 Å². The Hall–Kier alpha value is -3.53. The summed E-state index contributed by atoms with van der Waals surface area (Å²) in [6, 6.07) is 10.0. The number of imide groups is 1. The summed E-state index contributed by atoms with van der Waals surface area (Å²) < 4.78 is 23.6. The van der Waals surface area contributed by atoms with Crippen LogP contribution in [0.5, 0.6) is 0 Å². The Morgan fingerprint density at radius 1 is 1.06 bits per heavy atom. The van der Waals surface area contributed by atoms with E-state index in [9.17, 15) is 27.6 Å². The highest BCUT2D eigenvalue weighted by Crippen LogP contribution is 2.29. The molecule has 10 heteroatoms. The first kappa shape index (κ1) is 23.6. The zero-order valence-corrected chi connectivity index (χ0v) is 19.7. The highest BCUT2D eigenvalue weighted by atomic mass is 32.2. The van der Waals surface area contributed by atoms with Crippen molar-refractivity contribution in [1.82, 2.24) is 4.90 Å². The fourth-order valence-corrected chi connectivity index (χ4v) is 5.01. The quantitative estimate of drug-likeness (QED) is 0.603. The maximum atomic E-state index is 13.2. The van der Waals surface area contributed by atoms with E-state index in [1.807, 2.05) is 6.92 Å². The van der Waals surface area contributed by atoms with Gasteiger partial charge >= 0.3 is 0 Å². The molecule has 1 N–H and O–H groups in total. The van der Waals surface area contributed by atoms with E-state index in [0.717, 1.165) is 28.8 Å². The van der Waals surface area contributed by atoms with Crippen LogP contribution in [-0.2, 0) is 19.4 Å². The molecule has 0 saturated carbocycles. The van der Waals surface area contributed by atoms with Crippen LogP contribution in [0.2, 0.25) is 0 Å². The molecule has 0 bridgehead atoms. The zero-order valence-electron chi connectivity index (χ0n) is 18.9. The third-order valence-corrected chi connectivity index (χ3v) is 7.01. The Morgan fingerprint density at radius 3 is 2.24 bits per heavy atom. The highest BCUT2D eigenvalue weighted by Gasteiger charge is 2.42. The molecule has 34 heavy (non-hydrogen) atoms. The summed E-state index contributed by atoms with van der Waals surface area (Å²) in [6.45, 7) is 2.46. The Bertz CT molecular complexity index is 1270. The van der Waals surface area contributed by atoms with E-state index in [-0.39, 0.29) is 29.2 Å². The van der Waals surface area contributed by atoms with Gasteiger partial charge in [0.2, 0.25) is 11.8 Å². The van der Waals surface area contributed by atoms with Crippen molar-refractivity contribution in [1.29, 1.82) is 0 Å². The summed E-state index contributed by atoms with van der Waals surface area (Å²) in [5.74, 6) is -2.25. The molecule has 178 valence electrons. The van der Waals surface area contributed by atoms with Gasteiger partial charge in [0.05, 0.1) is 16.9 Å². The van der Waals surface area contributed by atoms with E-state index in [0.29, 0.717) is 18.7 Å². The molecule has 4 amide bonds. The average Bonchev–Trinajstić information content (AvgIpc) is 3.30. The van der Waals surface area contributed by atoms with Crippen molar-refractivity contribution in [3.63, 3.8) is 0 Å². The summed E-state index contributed by atoms with van der Waals surface area (Å²) in [6.07, 6.45) is 2.10. The minimum Gasteiger partial charge on any atom is -0.324 e. The van der Waals surface area contributed by atoms with Gasteiger partial charge in [0.15, 0.2) is 0 Å². The molecule has 0 radical (unpaired) electrons. The molecule has 2 aliphatic heterocycles. The summed E-state index contributed by atoms with van der Waals surface area (Å²) in [7, 11) is -3.45. The molecule has 1 fully saturated rings. The van der Waals surface area contributed by atoms with Crippen LogP contribution >= 0.6 is 0 Å². The van der Waals surface area contributed by atoms with Gasteiger partial charge in [-0.25, -0.2) is 8.42 Å². The number of amides is 4. The predicted octanol–water partition coefficient (Wildman–Crippen LogP) is 2.16. The van der Waals surface area contributed by atoms with Gasteiger partial charge in [0.1, 0.15) is 15.9 Å². The normalized spacial score (nSPS) is 16.7. The number of nitrogens with one attached hydrogen (secondary N) is 1. The molecule has 0 aromatic heterocycles. The highest BCUT2D eigenvalue weighted by molar-refractivity contribution is 7.90. The number of benzene rings is 2. The van der Waals surface area contributed by atoms with E-state index < -0.39 is 33.6 Å². The maximum Gasteiger partial charge on any atom is 0.262 e. The van der Waals surface area contributed by atoms with Crippen LogP contribution < -0.4 is 10.2 Å². The molecule has 2 aromatic rings. The van der Waals surface area contributed by atoms with Gasteiger partial charge in [-0.2, -0.15) is 0 Å². The van der Waals surface area contributed by atoms with Crippen molar-refractivity contribution >= 4 is 44.8 Å². The largest absolute Gasteiger partial charge is 0.324 e. The number of nitrogens with zero attached hydrogens (tertiary/aromatic N) is 2. The van der Waals surface area contributed by atoms with Gasteiger partial charge < -0.3 is 10.2 Å². The first-order valence-electron chi connectivity index (χ1n) is 10.9. The number of carbonyl (C=O) groups excluding carboxylic acids is 4. The molecule has 1 saturated heterocycles. The van der Waals surface area contributed by atoms with E-state index >= 15 is 0 Å². The number of aryl methyl sites for hydroxylation is 1. The van der Waals surface area contributed by atoms with Gasteiger partial charge in [-0.05, 0) is 55.7 Å². The van der Waals surface area contributed by atoms with E-state index in [1.165, 1.54) is 12.1 Å². The second-order valence-corrected chi connectivity index (χ2v) is 10.9. The van der Waals surface area contributed by atoms with Crippen LogP contribution in [0.1, 0.15) is 45.5 Å². The lowest BCUT2D eigenvalue weighted by molar-refractivity contribution is -0.120. The molecule has 1 unspecified atom stereocenters. The van der Waals surface area contributed by atoms with Gasteiger partial charge in [-0.15, -0.1) is 0 Å². The fraction of sp³-hybridized carbons (Fsp3) is 0.333.